The van der Waals surface area contributed by atoms with Crippen molar-refractivity contribution in [2.45, 2.75) is 44.9 Å². The van der Waals surface area contributed by atoms with Crippen LogP contribution in [0.4, 0.5) is 0 Å². The number of nitrogens with one attached hydrogen (secondary N) is 2. The Morgan fingerprint density at radius 3 is 2.77 bits per heavy atom. The zero-order valence-corrected chi connectivity index (χ0v) is 18.9. The minimum absolute atomic E-state index is 0.341. The number of hydrogen-bond donors (Lipinski definition) is 2. The lowest BCUT2D eigenvalue weighted by Crippen LogP contribution is -2.51. The summed E-state index contributed by atoms with van der Waals surface area (Å²) in [4.78, 5) is 7.06. The Labute approximate surface area is 185 Å². The molecule has 1 aliphatic heterocycles. The van der Waals surface area contributed by atoms with Gasteiger partial charge in [-0.3, -0.25) is 14.3 Å². The lowest BCUT2D eigenvalue weighted by molar-refractivity contribution is 0.00820. The maximum atomic E-state index is 5.55. The fraction of sp³-hybridized carbons (Fsp3) is 0.696. The first-order valence-corrected chi connectivity index (χ1v) is 11.8. The Balaban J connectivity index is 1.24. The number of pyridine rings is 1. The van der Waals surface area contributed by atoms with Crippen molar-refractivity contribution >= 4 is 11.6 Å². The molecule has 1 saturated heterocycles. The van der Waals surface area contributed by atoms with E-state index in [4.69, 9.17) is 4.74 Å². The first kappa shape index (κ1) is 22.0. The van der Waals surface area contributed by atoms with Crippen molar-refractivity contribution in [3.05, 3.63) is 30.2 Å². The lowest BCUT2D eigenvalue weighted by Gasteiger charge is -2.42. The van der Waals surface area contributed by atoms with Gasteiger partial charge in [0.1, 0.15) is 5.82 Å². The molecular weight excluding hydrogens is 390 g/mol. The van der Waals surface area contributed by atoms with Gasteiger partial charge in [0.05, 0.1) is 13.2 Å². The van der Waals surface area contributed by atoms with Gasteiger partial charge in [0.25, 0.3) is 0 Å². The summed E-state index contributed by atoms with van der Waals surface area (Å²) in [6, 6.07) is 5.99. The van der Waals surface area contributed by atoms with Gasteiger partial charge in [0, 0.05) is 57.8 Å². The van der Waals surface area contributed by atoms with Gasteiger partial charge in [0.2, 0.25) is 0 Å². The van der Waals surface area contributed by atoms with Crippen LogP contribution in [0.5, 0.6) is 0 Å². The lowest BCUT2D eigenvalue weighted by atomic mass is 9.73. The number of ether oxygens (including phenoxy) is 1. The number of fused-ring (bicyclic) bond motifs is 1. The molecular formula is C23H37N7O. The average molecular weight is 428 g/mol. The molecule has 2 aromatic heterocycles. The number of aromatic nitrogens is 3. The molecule has 2 N–H and O–H groups in total. The summed E-state index contributed by atoms with van der Waals surface area (Å²) in [5.41, 5.74) is 1.24. The summed E-state index contributed by atoms with van der Waals surface area (Å²) in [7, 11) is 1.86. The highest BCUT2D eigenvalue weighted by Gasteiger charge is 2.34. The van der Waals surface area contributed by atoms with Crippen LogP contribution >= 0.6 is 0 Å². The molecule has 2 aromatic rings. The predicted octanol–water partition coefficient (Wildman–Crippen LogP) is 2.11. The van der Waals surface area contributed by atoms with E-state index < -0.39 is 0 Å². The van der Waals surface area contributed by atoms with E-state index in [9.17, 15) is 0 Å². The van der Waals surface area contributed by atoms with E-state index in [0.29, 0.717) is 5.41 Å². The number of aryl methyl sites for hydroxylation is 1. The van der Waals surface area contributed by atoms with Gasteiger partial charge in [-0.05, 0) is 31.4 Å². The maximum Gasteiger partial charge on any atom is 0.190 e. The molecule has 2 fully saturated rings. The van der Waals surface area contributed by atoms with E-state index in [1.165, 1.54) is 38.6 Å². The Morgan fingerprint density at radius 1 is 1.13 bits per heavy atom. The molecule has 8 nitrogen and oxygen atoms in total. The molecule has 3 heterocycles. The van der Waals surface area contributed by atoms with Gasteiger partial charge in [-0.25, -0.2) is 0 Å². The summed E-state index contributed by atoms with van der Waals surface area (Å²) in [6.07, 6.45) is 10.5. The smallest absolute Gasteiger partial charge is 0.190 e. The van der Waals surface area contributed by atoms with E-state index in [-0.39, 0.29) is 0 Å². The number of nitrogens with zero attached hydrogens (tertiary/aromatic N) is 5. The van der Waals surface area contributed by atoms with Crippen molar-refractivity contribution in [2.75, 3.05) is 53.0 Å². The van der Waals surface area contributed by atoms with Gasteiger partial charge in [-0.15, -0.1) is 10.2 Å². The van der Waals surface area contributed by atoms with Crippen LogP contribution in [0.1, 0.15) is 44.3 Å². The topological polar surface area (TPSA) is 79.1 Å². The van der Waals surface area contributed by atoms with E-state index in [1.54, 1.807) is 0 Å². The van der Waals surface area contributed by atoms with E-state index in [0.717, 1.165) is 69.7 Å². The van der Waals surface area contributed by atoms with Gasteiger partial charge in [0.15, 0.2) is 11.6 Å². The van der Waals surface area contributed by atoms with E-state index >= 15 is 0 Å². The standard InChI is InChI=1S/C23H37N7O/c1-24-22(25-12-7-9-21-28-27-20-8-3-6-13-30(20)21)26-18-23(10-4-2-5-11-23)19-29-14-16-31-17-15-29/h3,6,8,13H,2,4-5,7,9-12,14-19H2,1H3,(H2,24,25,26). The molecule has 0 spiro atoms. The van der Waals surface area contributed by atoms with Crippen molar-refractivity contribution < 1.29 is 4.74 Å². The monoisotopic (exact) mass is 427 g/mol. The summed E-state index contributed by atoms with van der Waals surface area (Å²) >= 11 is 0. The molecule has 0 amide bonds. The van der Waals surface area contributed by atoms with Crippen molar-refractivity contribution in [1.82, 2.24) is 30.1 Å². The number of rotatable bonds is 8. The van der Waals surface area contributed by atoms with Gasteiger partial charge in [-0.2, -0.15) is 0 Å². The van der Waals surface area contributed by atoms with Crippen molar-refractivity contribution in [3.8, 4) is 0 Å². The Bertz CT molecular complexity index is 837. The molecule has 170 valence electrons. The molecule has 0 radical (unpaired) electrons. The summed E-state index contributed by atoms with van der Waals surface area (Å²) in [5.74, 6) is 1.91. The second-order valence-corrected chi connectivity index (χ2v) is 8.95. The fourth-order valence-electron chi connectivity index (χ4n) is 4.93. The molecule has 0 unspecified atom stereocenters. The first-order valence-electron chi connectivity index (χ1n) is 11.8. The van der Waals surface area contributed by atoms with Crippen LogP contribution in [0.15, 0.2) is 29.4 Å². The normalized spacial score (nSPS) is 20.1. The fourth-order valence-corrected chi connectivity index (χ4v) is 4.93. The highest BCUT2D eigenvalue weighted by Crippen LogP contribution is 2.36. The van der Waals surface area contributed by atoms with Gasteiger partial charge < -0.3 is 15.4 Å². The van der Waals surface area contributed by atoms with Crippen LogP contribution < -0.4 is 10.6 Å². The van der Waals surface area contributed by atoms with Crippen LogP contribution in [-0.4, -0.2) is 78.4 Å². The zero-order chi connectivity index (χ0) is 21.4. The van der Waals surface area contributed by atoms with Crippen LogP contribution in [0.25, 0.3) is 5.65 Å². The maximum absolute atomic E-state index is 5.55. The molecule has 31 heavy (non-hydrogen) atoms. The number of hydrogen-bond acceptors (Lipinski definition) is 5. The minimum Gasteiger partial charge on any atom is -0.379 e. The third kappa shape index (κ3) is 5.95. The van der Waals surface area contributed by atoms with Crippen molar-refractivity contribution in [3.63, 3.8) is 0 Å². The highest BCUT2D eigenvalue weighted by atomic mass is 16.5. The number of aliphatic imine (C=N–C) groups is 1. The average Bonchev–Trinajstić information content (AvgIpc) is 3.23. The number of morpholine rings is 1. The molecule has 0 atom stereocenters. The highest BCUT2D eigenvalue weighted by molar-refractivity contribution is 5.79. The SMILES string of the molecule is CN=C(NCCCc1nnc2ccccn12)NCC1(CN2CCOCC2)CCCCC1. The molecule has 2 aliphatic rings. The summed E-state index contributed by atoms with van der Waals surface area (Å²) in [5, 5.41) is 15.7. The molecule has 1 saturated carbocycles. The van der Waals surface area contributed by atoms with Crippen LogP contribution in [-0.2, 0) is 11.2 Å². The number of guanidine groups is 1. The molecule has 8 heteroatoms. The summed E-state index contributed by atoms with van der Waals surface area (Å²) < 4.78 is 7.61. The molecule has 0 bridgehead atoms. The largest absolute Gasteiger partial charge is 0.379 e. The van der Waals surface area contributed by atoms with Crippen molar-refractivity contribution in [2.24, 2.45) is 10.4 Å². The molecule has 1 aliphatic carbocycles. The van der Waals surface area contributed by atoms with Crippen LogP contribution in [0.2, 0.25) is 0 Å². The van der Waals surface area contributed by atoms with Gasteiger partial charge in [-0.1, -0.05) is 25.3 Å². The Morgan fingerprint density at radius 2 is 1.97 bits per heavy atom. The molecule has 0 aromatic carbocycles. The predicted molar refractivity (Wildman–Crippen MR) is 123 cm³/mol. The first-order chi connectivity index (χ1) is 15.3. The van der Waals surface area contributed by atoms with E-state index in [1.807, 2.05) is 31.4 Å². The third-order valence-corrected chi connectivity index (χ3v) is 6.69. The quantitative estimate of drug-likeness (QED) is 0.382. The van der Waals surface area contributed by atoms with E-state index in [2.05, 4.69) is 35.1 Å². The molecule has 4 rings (SSSR count). The second-order valence-electron chi connectivity index (χ2n) is 8.95. The van der Waals surface area contributed by atoms with Crippen LogP contribution in [0.3, 0.4) is 0 Å². The van der Waals surface area contributed by atoms with Gasteiger partial charge >= 0.3 is 0 Å². The third-order valence-electron chi connectivity index (χ3n) is 6.69. The Kier molecular flexibility index (Phi) is 7.75. The zero-order valence-electron chi connectivity index (χ0n) is 18.9. The summed E-state index contributed by atoms with van der Waals surface area (Å²) in [6.45, 7) is 6.87. The Hall–Kier alpha value is -2.19. The van der Waals surface area contributed by atoms with Crippen molar-refractivity contribution in [1.29, 1.82) is 0 Å². The van der Waals surface area contributed by atoms with Crippen LogP contribution in [0, 0.1) is 5.41 Å². The second kappa shape index (κ2) is 10.9. The minimum atomic E-state index is 0.341.